The largest absolute Gasteiger partial charge is 0.465 e. The summed E-state index contributed by atoms with van der Waals surface area (Å²) in [6, 6.07) is -0.320. The Morgan fingerprint density at radius 3 is 2.53 bits per heavy atom. The second-order valence-corrected chi connectivity index (χ2v) is 3.20. The molecule has 0 saturated carbocycles. The van der Waals surface area contributed by atoms with Crippen LogP contribution in [0.25, 0.3) is 0 Å². The first kappa shape index (κ1) is 14.3. The molecule has 0 radical (unpaired) electrons. The van der Waals surface area contributed by atoms with Gasteiger partial charge in [0, 0.05) is 20.8 Å². The summed E-state index contributed by atoms with van der Waals surface area (Å²) in [7, 11) is 3.22. The average molecular weight is 219 g/mol. The minimum absolute atomic E-state index is 0.0492. The van der Waals surface area contributed by atoms with Gasteiger partial charge in [-0.1, -0.05) is 0 Å². The Morgan fingerprint density at radius 1 is 1.40 bits per heavy atom. The normalized spacial score (nSPS) is 14.7. The number of hydrogen-bond acceptors (Lipinski definition) is 5. The van der Waals surface area contributed by atoms with Gasteiger partial charge < -0.3 is 19.5 Å². The van der Waals surface area contributed by atoms with Crippen LogP contribution in [0, 0.1) is 0 Å². The van der Waals surface area contributed by atoms with Gasteiger partial charge in [0.05, 0.1) is 19.3 Å². The smallest absolute Gasteiger partial charge is 0.322 e. The van der Waals surface area contributed by atoms with E-state index in [1.165, 1.54) is 0 Å². The number of rotatable bonds is 8. The minimum atomic E-state index is -0.320. The molecule has 0 bridgehead atoms. The summed E-state index contributed by atoms with van der Waals surface area (Å²) in [6.45, 7) is 5.00. The van der Waals surface area contributed by atoms with E-state index in [0.29, 0.717) is 19.8 Å². The Hall–Kier alpha value is -0.650. The number of methoxy groups -OCH3 is 2. The number of hydrogen-bond donors (Lipinski definition) is 1. The van der Waals surface area contributed by atoms with E-state index in [2.05, 4.69) is 5.32 Å². The van der Waals surface area contributed by atoms with Crippen LogP contribution >= 0.6 is 0 Å². The van der Waals surface area contributed by atoms with Crippen molar-refractivity contribution in [3.05, 3.63) is 0 Å². The van der Waals surface area contributed by atoms with Crippen LogP contribution in [0.4, 0.5) is 0 Å². The van der Waals surface area contributed by atoms with Crippen molar-refractivity contribution in [1.82, 2.24) is 5.32 Å². The molecule has 1 N–H and O–H groups in total. The van der Waals surface area contributed by atoms with Gasteiger partial charge in [0.1, 0.15) is 6.04 Å². The summed E-state index contributed by atoms with van der Waals surface area (Å²) in [6.07, 6.45) is -0.0492. The number of esters is 1. The number of ether oxygens (including phenoxy) is 3. The van der Waals surface area contributed by atoms with Crippen molar-refractivity contribution in [3.63, 3.8) is 0 Å². The first-order valence-corrected chi connectivity index (χ1v) is 5.07. The maximum atomic E-state index is 11.2. The SMILES string of the molecule is CCOC(=O)C(C)NCC(COC)OC. The lowest BCUT2D eigenvalue weighted by atomic mass is 10.3. The standard InChI is InChI=1S/C10H21NO4/c1-5-15-10(12)8(2)11-6-9(14-4)7-13-3/h8-9,11H,5-7H2,1-4H3. The van der Waals surface area contributed by atoms with Gasteiger partial charge in [-0.05, 0) is 13.8 Å². The van der Waals surface area contributed by atoms with Crippen LogP contribution in [0.1, 0.15) is 13.8 Å². The van der Waals surface area contributed by atoms with Gasteiger partial charge >= 0.3 is 5.97 Å². The lowest BCUT2D eigenvalue weighted by molar-refractivity contribution is -0.145. The Balaban J connectivity index is 3.76. The van der Waals surface area contributed by atoms with E-state index in [9.17, 15) is 4.79 Å². The molecule has 0 amide bonds. The lowest BCUT2D eigenvalue weighted by Gasteiger charge is -2.18. The lowest BCUT2D eigenvalue weighted by Crippen LogP contribution is -2.41. The molecule has 0 aliphatic rings. The van der Waals surface area contributed by atoms with Crippen molar-refractivity contribution < 1.29 is 19.0 Å². The molecule has 2 unspecified atom stereocenters. The summed E-state index contributed by atoms with van der Waals surface area (Å²) in [5.74, 6) is -0.246. The van der Waals surface area contributed by atoms with E-state index in [1.807, 2.05) is 0 Å². The second-order valence-electron chi connectivity index (χ2n) is 3.20. The molecule has 0 aromatic rings. The topological polar surface area (TPSA) is 56.8 Å². The van der Waals surface area contributed by atoms with E-state index in [1.54, 1.807) is 28.1 Å². The Bertz CT molecular complexity index is 175. The molecule has 0 spiro atoms. The van der Waals surface area contributed by atoms with Crippen molar-refractivity contribution in [2.24, 2.45) is 0 Å². The van der Waals surface area contributed by atoms with Gasteiger partial charge in [-0.2, -0.15) is 0 Å². The van der Waals surface area contributed by atoms with Gasteiger partial charge in [0.15, 0.2) is 0 Å². The Labute approximate surface area is 91.1 Å². The zero-order chi connectivity index (χ0) is 11.7. The van der Waals surface area contributed by atoms with Gasteiger partial charge in [-0.3, -0.25) is 4.79 Å². The molecule has 90 valence electrons. The van der Waals surface area contributed by atoms with Gasteiger partial charge in [-0.25, -0.2) is 0 Å². The van der Waals surface area contributed by atoms with E-state index >= 15 is 0 Å². The molecule has 0 aromatic heterocycles. The monoisotopic (exact) mass is 219 g/mol. The third-order valence-corrected chi connectivity index (χ3v) is 1.98. The van der Waals surface area contributed by atoms with Crippen molar-refractivity contribution in [3.8, 4) is 0 Å². The first-order chi connectivity index (χ1) is 7.15. The highest BCUT2D eigenvalue weighted by molar-refractivity contribution is 5.75. The predicted molar refractivity (Wildman–Crippen MR) is 56.8 cm³/mol. The zero-order valence-electron chi connectivity index (χ0n) is 9.91. The fourth-order valence-corrected chi connectivity index (χ4v) is 1.06. The van der Waals surface area contributed by atoms with E-state index in [-0.39, 0.29) is 18.1 Å². The molecule has 0 saturated heterocycles. The third kappa shape index (κ3) is 6.43. The molecule has 5 heteroatoms. The zero-order valence-corrected chi connectivity index (χ0v) is 9.91. The molecule has 0 fully saturated rings. The molecule has 2 atom stereocenters. The van der Waals surface area contributed by atoms with Gasteiger partial charge in [-0.15, -0.1) is 0 Å². The van der Waals surface area contributed by atoms with Crippen molar-refractivity contribution in [1.29, 1.82) is 0 Å². The fraction of sp³-hybridized carbons (Fsp3) is 0.900. The van der Waals surface area contributed by atoms with Crippen LogP contribution in [0.5, 0.6) is 0 Å². The van der Waals surface area contributed by atoms with Crippen LogP contribution in [-0.2, 0) is 19.0 Å². The second kappa shape index (κ2) is 8.64. The molecule has 5 nitrogen and oxygen atoms in total. The molecular formula is C10H21NO4. The van der Waals surface area contributed by atoms with Crippen molar-refractivity contribution in [2.45, 2.75) is 26.0 Å². The van der Waals surface area contributed by atoms with Crippen LogP contribution in [-0.4, -0.2) is 52.1 Å². The molecule has 0 aliphatic carbocycles. The molecule has 15 heavy (non-hydrogen) atoms. The van der Waals surface area contributed by atoms with Crippen LogP contribution in [0.3, 0.4) is 0 Å². The highest BCUT2D eigenvalue weighted by atomic mass is 16.5. The summed E-state index contributed by atoms with van der Waals surface area (Å²) in [5, 5.41) is 3.02. The van der Waals surface area contributed by atoms with E-state index < -0.39 is 0 Å². The summed E-state index contributed by atoms with van der Waals surface area (Å²) < 4.78 is 15.0. The number of carbonyl (C=O) groups excluding carboxylic acids is 1. The Kier molecular flexibility index (Phi) is 8.27. The van der Waals surface area contributed by atoms with Crippen molar-refractivity contribution in [2.75, 3.05) is 34.0 Å². The van der Waals surface area contributed by atoms with Gasteiger partial charge in [0.2, 0.25) is 0 Å². The molecule has 0 aliphatic heterocycles. The highest BCUT2D eigenvalue weighted by Crippen LogP contribution is 1.92. The summed E-state index contributed by atoms with van der Waals surface area (Å²) in [5.41, 5.74) is 0. The maximum Gasteiger partial charge on any atom is 0.322 e. The molecule has 0 aromatic carbocycles. The van der Waals surface area contributed by atoms with E-state index in [4.69, 9.17) is 14.2 Å². The van der Waals surface area contributed by atoms with Crippen molar-refractivity contribution >= 4 is 5.97 Å². The summed E-state index contributed by atoms with van der Waals surface area (Å²) in [4.78, 5) is 11.2. The maximum absolute atomic E-state index is 11.2. The minimum Gasteiger partial charge on any atom is -0.465 e. The number of carbonyl (C=O) groups is 1. The molecule has 0 heterocycles. The van der Waals surface area contributed by atoms with Crippen LogP contribution in [0.15, 0.2) is 0 Å². The van der Waals surface area contributed by atoms with E-state index in [0.717, 1.165) is 0 Å². The first-order valence-electron chi connectivity index (χ1n) is 5.07. The predicted octanol–water partition coefficient (Wildman–Crippen LogP) is 0.189. The summed E-state index contributed by atoms with van der Waals surface area (Å²) >= 11 is 0. The third-order valence-electron chi connectivity index (χ3n) is 1.98. The van der Waals surface area contributed by atoms with Crippen LogP contribution in [0.2, 0.25) is 0 Å². The molecule has 0 rings (SSSR count). The average Bonchev–Trinajstić information content (AvgIpc) is 2.24. The fourth-order valence-electron chi connectivity index (χ4n) is 1.06. The number of nitrogens with one attached hydrogen (secondary N) is 1. The highest BCUT2D eigenvalue weighted by Gasteiger charge is 2.15. The quantitative estimate of drug-likeness (QED) is 0.591. The molecular weight excluding hydrogens is 198 g/mol. The Morgan fingerprint density at radius 2 is 2.07 bits per heavy atom. The van der Waals surface area contributed by atoms with Crippen LogP contribution < -0.4 is 5.32 Å². The van der Waals surface area contributed by atoms with Gasteiger partial charge in [0.25, 0.3) is 0 Å².